The van der Waals surface area contributed by atoms with Gasteiger partial charge in [0.1, 0.15) is 12.7 Å². The van der Waals surface area contributed by atoms with Crippen molar-refractivity contribution in [2.75, 3.05) is 24.7 Å². The molecule has 5 nitrogen and oxygen atoms in total. The van der Waals surface area contributed by atoms with E-state index in [1.54, 1.807) is 0 Å². The van der Waals surface area contributed by atoms with E-state index in [0.29, 0.717) is 6.61 Å². The third-order valence-corrected chi connectivity index (χ3v) is 2.63. The minimum absolute atomic E-state index is 0.0648. The third kappa shape index (κ3) is 2.83. The number of nitrogens with two attached hydrogens (primary N) is 2. The molecule has 4 N–H and O–H groups in total. The van der Waals surface area contributed by atoms with Crippen LogP contribution in [0.5, 0.6) is 5.75 Å². The molecule has 1 aromatic carbocycles. The molecule has 1 aliphatic rings. The van der Waals surface area contributed by atoms with Gasteiger partial charge >= 0.3 is 0 Å². The second kappa shape index (κ2) is 4.62. The quantitative estimate of drug-likeness (QED) is 0.801. The Morgan fingerprint density at radius 3 is 2.67 bits per heavy atom. The molecule has 0 spiro atoms. The van der Waals surface area contributed by atoms with Gasteiger partial charge in [0.15, 0.2) is 17.4 Å². The van der Waals surface area contributed by atoms with Gasteiger partial charge in [0.05, 0.1) is 18.0 Å². The second-order valence-electron chi connectivity index (χ2n) is 4.67. The molecule has 0 unspecified atom stereocenters. The van der Waals surface area contributed by atoms with Crippen molar-refractivity contribution < 1.29 is 18.6 Å². The lowest BCUT2D eigenvalue weighted by Gasteiger charge is -2.17. The van der Waals surface area contributed by atoms with E-state index in [0.717, 1.165) is 6.07 Å². The SMILES string of the molecule is CC1(C)OC[C@H](COc2cc(N)c(N)cc2F)O1. The first-order valence-electron chi connectivity index (χ1n) is 5.66. The summed E-state index contributed by atoms with van der Waals surface area (Å²) in [6.45, 7) is 4.24. The van der Waals surface area contributed by atoms with Crippen LogP contribution in [0, 0.1) is 5.82 Å². The minimum Gasteiger partial charge on any atom is -0.488 e. The van der Waals surface area contributed by atoms with E-state index >= 15 is 0 Å². The van der Waals surface area contributed by atoms with Crippen molar-refractivity contribution >= 4 is 11.4 Å². The average molecular weight is 256 g/mol. The molecule has 2 rings (SSSR count). The molecule has 18 heavy (non-hydrogen) atoms. The Kier molecular flexibility index (Phi) is 3.32. The zero-order chi connectivity index (χ0) is 13.3. The molecule has 1 aromatic rings. The molecule has 0 saturated carbocycles. The van der Waals surface area contributed by atoms with Gasteiger partial charge in [-0.05, 0) is 13.8 Å². The first kappa shape index (κ1) is 12.9. The van der Waals surface area contributed by atoms with Gasteiger partial charge < -0.3 is 25.7 Å². The van der Waals surface area contributed by atoms with Crippen molar-refractivity contribution in [2.45, 2.75) is 25.7 Å². The van der Waals surface area contributed by atoms with E-state index in [1.165, 1.54) is 6.07 Å². The molecule has 0 amide bonds. The van der Waals surface area contributed by atoms with Crippen LogP contribution in [0.15, 0.2) is 12.1 Å². The number of anilines is 2. The van der Waals surface area contributed by atoms with Gasteiger partial charge in [-0.25, -0.2) is 4.39 Å². The predicted octanol–water partition coefficient (Wildman–Crippen LogP) is 1.52. The monoisotopic (exact) mass is 256 g/mol. The summed E-state index contributed by atoms with van der Waals surface area (Å²) in [5.41, 5.74) is 11.5. The lowest BCUT2D eigenvalue weighted by Crippen LogP contribution is -2.25. The largest absolute Gasteiger partial charge is 0.488 e. The lowest BCUT2D eigenvalue weighted by atomic mass is 10.2. The zero-order valence-electron chi connectivity index (χ0n) is 10.4. The van der Waals surface area contributed by atoms with Gasteiger partial charge in [-0.1, -0.05) is 0 Å². The summed E-state index contributed by atoms with van der Waals surface area (Å²) in [5, 5.41) is 0. The molecular weight excluding hydrogens is 239 g/mol. The minimum atomic E-state index is -0.618. The standard InChI is InChI=1S/C12H17FN2O3/c1-12(2)17-6-7(18-12)5-16-11-4-10(15)9(14)3-8(11)13/h3-4,7H,5-6,14-15H2,1-2H3/t7-/m0/s1. The van der Waals surface area contributed by atoms with E-state index in [9.17, 15) is 4.39 Å². The summed E-state index contributed by atoms with van der Waals surface area (Å²) < 4.78 is 29.8. The van der Waals surface area contributed by atoms with Crippen LogP contribution in [0.1, 0.15) is 13.8 Å². The summed E-state index contributed by atoms with van der Waals surface area (Å²) in [6.07, 6.45) is -0.224. The molecule has 1 atom stereocenters. The molecule has 0 aliphatic carbocycles. The molecular formula is C12H17FN2O3. The highest BCUT2D eigenvalue weighted by Gasteiger charge is 2.33. The van der Waals surface area contributed by atoms with Crippen LogP contribution in [0.4, 0.5) is 15.8 Å². The van der Waals surface area contributed by atoms with Gasteiger partial charge in [-0.2, -0.15) is 0 Å². The van der Waals surface area contributed by atoms with Crippen molar-refractivity contribution in [1.82, 2.24) is 0 Å². The van der Waals surface area contributed by atoms with Crippen LogP contribution < -0.4 is 16.2 Å². The fourth-order valence-electron chi connectivity index (χ4n) is 1.72. The molecule has 0 bridgehead atoms. The molecule has 1 heterocycles. The van der Waals surface area contributed by atoms with Crippen LogP contribution in [0.3, 0.4) is 0 Å². The zero-order valence-corrected chi connectivity index (χ0v) is 10.4. The highest BCUT2D eigenvalue weighted by atomic mass is 19.1. The third-order valence-electron chi connectivity index (χ3n) is 2.63. The fraction of sp³-hybridized carbons (Fsp3) is 0.500. The smallest absolute Gasteiger partial charge is 0.167 e. The summed E-state index contributed by atoms with van der Waals surface area (Å²) in [6, 6.07) is 2.51. The number of rotatable bonds is 3. The summed E-state index contributed by atoms with van der Waals surface area (Å²) in [7, 11) is 0. The Hall–Kier alpha value is -1.53. The molecule has 0 aromatic heterocycles. The van der Waals surface area contributed by atoms with Gasteiger partial charge in [0.25, 0.3) is 0 Å². The highest BCUT2D eigenvalue weighted by molar-refractivity contribution is 5.65. The molecule has 6 heteroatoms. The Morgan fingerprint density at radius 1 is 1.39 bits per heavy atom. The maximum Gasteiger partial charge on any atom is 0.167 e. The van der Waals surface area contributed by atoms with Crippen molar-refractivity contribution in [1.29, 1.82) is 0 Å². The average Bonchev–Trinajstić information content (AvgIpc) is 2.62. The molecule has 100 valence electrons. The first-order chi connectivity index (χ1) is 8.37. The van der Waals surface area contributed by atoms with Gasteiger partial charge in [0.2, 0.25) is 0 Å². The number of ether oxygens (including phenoxy) is 3. The van der Waals surface area contributed by atoms with Crippen molar-refractivity contribution in [3.05, 3.63) is 17.9 Å². The van der Waals surface area contributed by atoms with Crippen molar-refractivity contribution in [3.8, 4) is 5.75 Å². The van der Waals surface area contributed by atoms with E-state index in [4.69, 9.17) is 25.7 Å². The van der Waals surface area contributed by atoms with Crippen LogP contribution in [0.2, 0.25) is 0 Å². The maximum absolute atomic E-state index is 13.5. The lowest BCUT2D eigenvalue weighted by molar-refractivity contribution is -0.141. The summed E-state index contributed by atoms with van der Waals surface area (Å²) >= 11 is 0. The topological polar surface area (TPSA) is 79.7 Å². The van der Waals surface area contributed by atoms with Crippen LogP contribution in [-0.4, -0.2) is 25.1 Å². The Balaban J connectivity index is 1.97. The van der Waals surface area contributed by atoms with Crippen LogP contribution in [0.25, 0.3) is 0 Å². The van der Waals surface area contributed by atoms with Crippen LogP contribution >= 0.6 is 0 Å². The molecule has 1 fully saturated rings. The number of hydrogen-bond donors (Lipinski definition) is 2. The van der Waals surface area contributed by atoms with Crippen LogP contribution in [-0.2, 0) is 9.47 Å². The van der Waals surface area contributed by atoms with E-state index in [2.05, 4.69) is 0 Å². The summed E-state index contributed by atoms with van der Waals surface area (Å²) in [4.78, 5) is 0. The van der Waals surface area contributed by atoms with E-state index < -0.39 is 11.6 Å². The normalized spacial score (nSPS) is 22.1. The number of benzene rings is 1. The first-order valence-corrected chi connectivity index (χ1v) is 5.66. The summed E-state index contributed by atoms with van der Waals surface area (Å²) in [5.74, 6) is -1.10. The maximum atomic E-state index is 13.5. The number of halogens is 1. The highest BCUT2D eigenvalue weighted by Crippen LogP contribution is 2.27. The van der Waals surface area contributed by atoms with Crippen molar-refractivity contribution in [2.24, 2.45) is 0 Å². The number of hydrogen-bond acceptors (Lipinski definition) is 5. The molecule has 1 aliphatic heterocycles. The van der Waals surface area contributed by atoms with Gasteiger partial charge in [-0.3, -0.25) is 0 Å². The Morgan fingerprint density at radius 2 is 2.06 bits per heavy atom. The van der Waals surface area contributed by atoms with E-state index in [1.807, 2.05) is 13.8 Å². The Bertz CT molecular complexity index is 451. The molecule has 0 radical (unpaired) electrons. The fourth-order valence-corrected chi connectivity index (χ4v) is 1.72. The predicted molar refractivity (Wildman–Crippen MR) is 65.6 cm³/mol. The van der Waals surface area contributed by atoms with Gasteiger partial charge in [0, 0.05) is 12.1 Å². The number of nitrogen functional groups attached to an aromatic ring is 2. The Labute approximate surface area is 105 Å². The second-order valence-corrected chi connectivity index (χ2v) is 4.67. The van der Waals surface area contributed by atoms with E-state index in [-0.39, 0.29) is 29.8 Å². The molecule has 1 saturated heterocycles. The van der Waals surface area contributed by atoms with Crippen molar-refractivity contribution in [3.63, 3.8) is 0 Å². The van der Waals surface area contributed by atoms with Gasteiger partial charge in [-0.15, -0.1) is 0 Å².